The molecule has 0 saturated heterocycles. The fourth-order valence-corrected chi connectivity index (χ4v) is 5.70. The molecule has 0 aromatic heterocycles. The molecule has 2 aromatic carbocycles. The number of rotatable bonds is 14. The molecule has 0 saturated carbocycles. The lowest BCUT2D eigenvalue weighted by molar-refractivity contribution is 0.0308. The van der Waals surface area contributed by atoms with Crippen molar-refractivity contribution in [2.45, 2.75) is 123 Å². The summed E-state index contributed by atoms with van der Waals surface area (Å²) in [5.41, 5.74) is 19.7. The van der Waals surface area contributed by atoms with E-state index in [1.807, 2.05) is 6.07 Å². The molecule has 0 spiro atoms. The molecule has 6 nitrogen and oxygen atoms in total. The van der Waals surface area contributed by atoms with Gasteiger partial charge in [0.2, 0.25) is 0 Å². The molecule has 0 radical (unpaired) electrons. The van der Waals surface area contributed by atoms with Gasteiger partial charge in [0.25, 0.3) is 0 Å². The third-order valence-corrected chi connectivity index (χ3v) is 7.59. The summed E-state index contributed by atoms with van der Waals surface area (Å²) in [4.78, 5) is 5.95. The van der Waals surface area contributed by atoms with Gasteiger partial charge in [0.1, 0.15) is 23.3 Å². The SMILES string of the molecule is CCCCNOc1cc2c(cc1C)OC(C)(c1cc(OC(N)CCC)ccc1CC(N)CCC)CC2(C)C. The fourth-order valence-electron chi connectivity index (χ4n) is 5.70. The quantitative estimate of drug-likeness (QED) is 0.143. The van der Waals surface area contributed by atoms with Crippen LogP contribution in [0, 0.1) is 6.92 Å². The van der Waals surface area contributed by atoms with Crippen molar-refractivity contribution in [1.29, 1.82) is 0 Å². The second-order valence-electron chi connectivity index (χ2n) is 11.9. The Balaban J connectivity index is 2.00. The average molecular weight is 526 g/mol. The zero-order valence-electron chi connectivity index (χ0n) is 24.8. The molecule has 1 aliphatic heterocycles. The maximum absolute atomic E-state index is 6.91. The molecular formula is C32H51N3O3. The van der Waals surface area contributed by atoms with Crippen LogP contribution in [0.5, 0.6) is 17.2 Å². The van der Waals surface area contributed by atoms with Crippen molar-refractivity contribution in [2.24, 2.45) is 11.5 Å². The molecular weight excluding hydrogens is 474 g/mol. The molecule has 2 aromatic rings. The van der Waals surface area contributed by atoms with Crippen LogP contribution in [0.3, 0.4) is 0 Å². The van der Waals surface area contributed by atoms with E-state index in [0.717, 1.165) is 91.9 Å². The maximum atomic E-state index is 6.91. The number of unbranched alkanes of at least 4 members (excludes halogenated alkanes) is 1. The van der Waals surface area contributed by atoms with Crippen molar-refractivity contribution < 1.29 is 14.3 Å². The van der Waals surface area contributed by atoms with E-state index >= 15 is 0 Å². The topological polar surface area (TPSA) is 91.8 Å². The predicted octanol–water partition coefficient (Wildman–Crippen LogP) is 6.79. The van der Waals surface area contributed by atoms with Crippen LogP contribution in [0.2, 0.25) is 0 Å². The van der Waals surface area contributed by atoms with Crippen molar-refractivity contribution >= 4 is 0 Å². The second-order valence-corrected chi connectivity index (χ2v) is 11.9. The Hall–Kier alpha value is -2.28. The van der Waals surface area contributed by atoms with Gasteiger partial charge in [-0.05, 0) is 80.3 Å². The molecule has 1 aliphatic rings. The molecule has 0 aliphatic carbocycles. The highest BCUT2D eigenvalue weighted by atomic mass is 16.6. The summed E-state index contributed by atoms with van der Waals surface area (Å²) in [6, 6.07) is 10.7. The molecule has 6 heteroatoms. The third kappa shape index (κ3) is 7.43. The number of hydrogen-bond acceptors (Lipinski definition) is 6. The Morgan fingerprint density at radius 1 is 0.974 bits per heavy atom. The molecule has 3 atom stereocenters. The number of ether oxygens (including phenoxy) is 2. The smallest absolute Gasteiger partial charge is 0.150 e. The lowest BCUT2D eigenvalue weighted by Gasteiger charge is -2.45. The number of hydrogen-bond donors (Lipinski definition) is 3. The van der Waals surface area contributed by atoms with Crippen LogP contribution in [0.25, 0.3) is 0 Å². The van der Waals surface area contributed by atoms with E-state index in [-0.39, 0.29) is 17.7 Å². The zero-order valence-corrected chi connectivity index (χ0v) is 24.8. The largest absolute Gasteiger partial charge is 0.483 e. The van der Waals surface area contributed by atoms with Gasteiger partial charge in [-0.2, -0.15) is 5.48 Å². The fraction of sp³-hybridized carbons (Fsp3) is 0.625. The Morgan fingerprint density at radius 2 is 1.71 bits per heavy atom. The van der Waals surface area contributed by atoms with Crippen LogP contribution in [-0.4, -0.2) is 18.8 Å². The number of benzene rings is 2. The van der Waals surface area contributed by atoms with Crippen LogP contribution >= 0.6 is 0 Å². The molecule has 5 N–H and O–H groups in total. The van der Waals surface area contributed by atoms with Crippen LogP contribution < -0.4 is 31.3 Å². The normalized spacial score (nSPS) is 19.8. The van der Waals surface area contributed by atoms with Gasteiger partial charge in [-0.1, -0.05) is 59.9 Å². The summed E-state index contributed by atoms with van der Waals surface area (Å²) in [6.45, 7) is 16.1. The van der Waals surface area contributed by atoms with Gasteiger partial charge in [-0.25, -0.2) is 0 Å². The van der Waals surface area contributed by atoms with Gasteiger partial charge in [-0.3, -0.25) is 5.73 Å². The molecule has 0 amide bonds. The number of hydroxylamine groups is 1. The van der Waals surface area contributed by atoms with E-state index in [2.05, 4.69) is 78.2 Å². The van der Waals surface area contributed by atoms with Crippen LogP contribution in [0.4, 0.5) is 0 Å². The minimum atomic E-state index is -0.555. The molecule has 212 valence electrons. The lowest BCUT2D eigenvalue weighted by Crippen LogP contribution is -2.42. The van der Waals surface area contributed by atoms with E-state index in [1.165, 1.54) is 5.56 Å². The molecule has 38 heavy (non-hydrogen) atoms. The van der Waals surface area contributed by atoms with E-state index in [4.69, 9.17) is 25.8 Å². The first-order valence-electron chi connectivity index (χ1n) is 14.6. The summed E-state index contributed by atoms with van der Waals surface area (Å²) in [5, 5.41) is 0. The van der Waals surface area contributed by atoms with Gasteiger partial charge in [0.15, 0.2) is 5.75 Å². The first kappa shape index (κ1) is 30.3. The van der Waals surface area contributed by atoms with Gasteiger partial charge in [0.05, 0.1) is 0 Å². The molecule has 0 fully saturated rings. The van der Waals surface area contributed by atoms with E-state index in [0.29, 0.717) is 0 Å². The third-order valence-electron chi connectivity index (χ3n) is 7.59. The summed E-state index contributed by atoms with van der Waals surface area (Å²) in [7, 11) is 0. The average Bonchev–Trinajstić information content (AvgIpc) is 2.83. The second kappa shape index (κ2) is 13.2. The highest BCUT2D eigenvalue weighted by Crippen LogP contribution is 2.51. The predicted molar refractivity (Wildman–Crippen MR) is 157 cm³/mol. The van der Waals surface area contributed by atoms with Crippen molar-refractivity contribution in [3.8, 4) is 17.2 Å². The van der Waals surface area contributed by atoms with Crippen LogP contribution in [-0.2, 0) is 17.4 Å². The molecule has 1 heterocycles. The standard InChI is InChI=1S/C32H51N3O3/c1-8-11-16-35-38-28-20-27-29(17-22(28)4)37-32(7,21-31(27,5)6)26-19-25(36-30(34)13-10-3)15-14-23(26)18-24(33)12-9-2/h14-15,17,19-20,24,30,35H,8-13,16,18,21,33-34H2,1-7H3. The summed E-state index contributed by atoms with van der Waals surface area (Å²) in [6.07, 6.45) is 7.31. The van der Waals surface area contributed by atoms with Crippen molar-refractivity contribution in [1.82, 2.24) is 5.48 Å². The maximum Gasteiger partial charge on any atom is 0.150 e. The number of fused-ring (bicyclic) bond motifs is 1. The first-order valence-corrected chi connectivity index (χ1v) is 14.6. The molecule has 0 bridgehead atoms. The highest BCUT2D eigenvalue weighted by Gasteiger charge is 2.44. The summed E-state index contributed by atoms with van der Waals surface area (Å²) >= 11 is 0. The summed E-state index contributed by atoms with van der Waals surface area (Å²) in [5.74, 6) is 2.53. The van der Waals surface area contributed by atoms with Crippen molar-refractivity contribution in [3.05, 3.63) is 52.6 Å². The van der Waals surface area contributed by atoms with E-state index in [9.17, 15) is 0 Å². The van der Waals surface area contributed by atoms with Crippen molar-refractivity contribution in [2.75, 3.05) is 6.54 Å². The Kier molecular flexibility index (Phi) is 10.5. The minimum absolute atomic E-state index is 0.0995. The minimum Gasteiger partial charge on any atom is -0.483 e. The molecule has 3 rings (SSSR count). The van der Waals surface area contributed by atoms with Gasteiger partial charge in [0, 0.05) is 30.1 Å². The lowest BCUT2D eigenvalue weighted by atomic mass is 9.70. The van der Waals surface area contributed by atoms with Crippen LogP contribution in [0.1, 0.15) is 109 Å². The van der Waals surface area contributed by atoms with Crippen LogP contribution in [0.15, 0.2) is 30.3 Å². The van der Waals surface area contributed by atoms with Gasteiger partial charge in [-0.15, -0.1) is 0 Å². The number of nitrogens with one attached hydrogen (secondary N) is 1. The van der Waals surface area contributed by atoms with Crippen molar-refractivity contribution in [3.63, 3.8) is 0 Å². The van der Waals surface area contributed by atoms with Gasteiger partial charge < -0.3 is 20.0 Å². The highest BCUT2D eigenvalue weighted by molar-refractivity contribution is 5.52. The summed E-state index contributed by atoms with van der Waals surface area (Å²) < 4.78 is 13.0. The number of nitrogens with two attached hydrogens (primary N) is 2. The Morgan fingerprint density at radius 3 is 2.39 bits per heavy atom. The molecule has 3 unspecified atom stereocenters. The van der Waals surface area contributed by atoms with E-state index in [1.54, 1.807) is 0 Å². The monoisotopic (exact) mass is 525 g/mol. The Bertz CT molecular complexity index is 1050. The van der Waals surface area contributed by atoms with Gasteiger partial charge >= 0.3 is 0 Å². The first-order chi connectivity index (χ1) is 18.0. The zero-order chi connectivity index (χ0) is 27.9. The van der Waals surface area contributed by atoms with E-state index < -0.39 is 5.60 Å². The Labute approximate surface area is 230 Å². The number of aryl methyl sites for hydroxylation is 1.